The molecule has 2 rings (SSSR count). The van der Waals surface area contributed by atoms with Gasteiger partial charge in [0.15, 0.2) is 0 Å². The monoisotopic (exact) mass is 476 g/mol. The molecule has 0 unspecified atom stereocenters. The zero-order valence-corrected chi connectivity index (χ0v) is 19.7. The Bertz CT molecular complexity index is 445. The summed E-state index contributed by atoms with van der Waals surface area (Å²) in [5.41, 5.74) is 10.8. The van der Waals surface area contributed by atoms with E-state index in [9.17, 15) is 9.13 Å². The Kier molecular flexibility index (Phi) is 17.6. The molecular formula is C16H42N6O6P2. The van der Waals surface area contributed by atoms with Gasteiger partial charge in [-0.25, -0.2) is 0 Å². The lowest BCUT2D eigenvalue weighted by molar-refractivity contribution is 0.247. The molecule has 0 amide bonds. The van der Waals surface area contributed by atoms with Gasteiger partial charge in [0.2, 0.25) is 0 Å². The maximum absolute atomic E-state index is 10.3. The SMILES string of the molecule is NCCN1CCNCC1.NCCN1CCNCC1.O=P(O)(O)CCCCP(=O)(O)O. The van der Waals surface area contributed by atoms with Crippen LogP contribution in [0.5, 0.6) is 0 Å². The van der Waals surface area contributed by atoms with Gasteiger partial charge in [0.05, 0.1) is 0 Å². The van der Waals surface area contributed by atoms with Crippen LogP contribution in [0.25, 0.3) is 0 Å². The maximum atomic E-state index is 10.3. The lowest BCUT2D eigenvalue weighted by Gasteiger charge is -2.26. The Labute approximate surface area is 180 Å². The highest BCUT2D eigenvalue weighted by molar-refractivity contribution is 7.52. The molecule has 0 saturated carbocycles. The lowest BCUT2D eigenvalue weighted by Crippen LogP contribution is -2.45. The second kappa shape index (κ2) is 17.6. The quantitative estimate of drug-likeness (QED) is 0.132. The molecule has 14 heteroatoms. The smallest absolute Gasteiger partial charge is 0.325 e. The van der Waals surface area contributed by atoms with Crippen molar-refractivity contribution in [1.29, 1.82) is 0 Å². The van der Waals surface area contributed by atoms with Crippen LogP contribution in [0, 0.1) is 0 Å². The van der Waals surface area contributed by atoms with Crippen molar-refractivity contribution in [2.24, 2.45) is 11.5 Å². The number of nitrogens with one attached hydrogen (secondary N) is 2. The first kappa shape index (κ1) is 30.1. The zero-order valence-electron chi connectivity index (χ0n) is 17.9. The predicted molar refractivity (Wildman–Crippen MR) is 120 cm³/mol. The Morgan fingerprint density at radius 3 is 1.20 bits per heavy atom. The Morgan fingerprint density at radius 2 is 0.967 bits per heavy atom. The van der Waals surface area contributed by atoms with Crippen LogP contribution in [0.15, 0.2) is 0 Å². The van der Waals surface area contributed by atoms with E-state index in [0.717, 1.165) is 78.5 Å². The van der Waals surface area contributed by atoms with E-state index in [-0.39, 0.29) is 25.2 Å². The number of piperazine rings is 2. The van der Waals surface area contributed by atoms with Crippen molar-refractivity contribution >= 4 is 15.2 Å². The van der Waals surface area contributed by atoms with E-state index in [1.54, 1.807) is 0 Å². The molecule has 12 nitrogen and oxygen atoms in total. The van der Waals surface area contributed by atoms with Gasteiger partial charge in [-0.1, -0.05) is 0 Å². The predicted octanol–water partition coefficient (Wildman–Crippen LogP) is -2.18. The number of nitrogens with zero attached hydrogens (tertiary/aromatic N) is 2. The molecule has 0 atom stereocenters. The average molecular weight is 476 g/mol. The largest absolute Gasteiger partial charge is 0.329 e. The van der Waals surface area contributed by atoms with E-state index in [2.05, 4.69) is 20.4 Å². The van der Waals surface area contributed by atoms with Crippen molar-refractivity contribution < 1.29 is 28.7 Å². The van der Waals surface area contributed by atoms with Gasteiger partial charge in [-0.2, -0.15) is 0 Å². The molecule has 0 bridgehead atoms. The number of rotatable bonds is 9. The molecule has 182 valence electrons. The minimum Gasteiger partial charge on any atom is -0.329 e. The third-order valence-electron chi connectivity index (χ3n) is 4.46. The van der Waals surface area contributed by atoms with Gasteiger partial charge in [-0.05, 0) is 12.8 Å². The molecule has 2 aliphatic heterocycles. The second-order valence-electron chi connectivity index (χ2n) is 7.24. The minimum absolute atomic E-state index is 0.134. The van der Waals surface area contributed by atoms with Crippen LogP contribution in [0.1, 0.15) is 12.8 Å². The van der Waals surface area contributed by atoms with Crippen molar-refractivity contribution in [3.05, 3.63) is 0 Å². The van der Waals surface area contributed by atoms with Gasteiger partial charge >= 0.3 is 15.2 Å². The summed E-state index contributed by atoms with van der Waals surface area (Å²) in [7, 11) is -8.00. The van der Waals surface area contributed by atoms with Crippen LogP contribution in [-0.4, -0.2) is 120 Å². The van der Waals surface area contributed by atoms with Crippen molar-refractivity contribution in [3.63, 3.8) is 0 Å². The second-order valence-corrected chi connectivity index (χ2v) is 10.8. The first-order chi connectivity index (χ1) is 14.1. The zero-order chi connectivity index (χ0) is 22.9. The van der Waals surface area contributed by atoms with Crippen LogP contribution in [0.2, 0.25) is 0 Å². The number of unbranched alkanes of at least 4 members (excludes halogenated alkanes) is 1. The van der Waals surface area contributed by atoms with Gasteiger partial charge in [0.25, 0.3) is 0 Å². The van der Waals surface area contributed by atoms with Crippen LogP contribution < -0.4 is 22.1 Å². The topological polar surface area (TPSA) is 198 Å². The van der Waals surface area contributed by atoms with Crippen LogP contribution in [0.3, 0.4) is 0 Å². The van der Waals surface area contributed by atoms with Crippen molar-refractivity contribution in [2.75, 3.05) is 90.9 Å². The van der Waals surface area contributed by atoms with Crippen LogP contribution in [0.4, 0.5) is 0 Å². The fraction of sp³-hybridized carbons (Fsp3) is 1.00. The molecule has 30 heavy (non-hydrogen) atoms. The minimum atomic E-state index is -4.00. The van der Waals surface area contributed by atoms with Gasteiger partial charge in [-0.15, -0.1) is 0 Å². The van der Waals surface area contributed by atoms with Gasteiger partial charge < -0.3 is 41.7 Å². The maximum Gasteiger partial charge on any atom is 0.325 e. The summed E-state index contributed by atoms with van der Waals surface area (Å²) < 4.78 is 20.5. The van der Waals surface area contributed by atoms with Gasteiger partial charge in [0.1, 0.15) is 0 Å². The summed E-state index contributed by atoms with van der Waals surface area (Å²) in [6.07, 6.45) is -0.356. The fourth-order valence-corrected chi connectivity index (χ4v) is 4.14. The van der Waals surface area contributed by atoms with E-state index in [0.29, 0.717) is 0 Å². The molecular weight excluding hydrogens is 434 g/mol. The number of hydrogen-bond donors (Lipinski definition) is 8. The van der Waals surface area contributed by atoms with Crippen molar-refractivity contribution in [2.45, 2.75) is 12.8 Å². The van der Waals surface area contributed by atoms with E-state index < -0.39 is 15.2 Å². The summed E-state index contributed by atoms with van der Waals surface area (Å²) in [6, 6.07) is 0. The van der Waals surface area contributed by atoms with E-state index in [1.165, 1.54) is 0 Å². The fourth-order valence-electron chi connectivity index (χ4n) is 2.87. The molecule has 2 aliphatic rings. The first-order valence-corrected chi connectivity index (χ1v) is 14.0. The summed E-state index contributed by atoms with van der Waals surface area (Å²) in [6.45, 7) is 12.9. The summed E-state index contributed by atoms with van der Waals surface area (Å²) in [5, 5.41) is 6.58. The Balaban J connectivity index is 0.000000426. The van der Waals surface area contributed by atoms with Gasteiger partial charge in [0, 0.05) is 90.9 Å². The van der Waals surface area contributed by atoms with Gasteiger partial charge in [-0.3, -0.25) is 18.9 Å². The molecule has 0 spiro atoms. The summed E-state index contributed by atoms with van der Waals surface area (Å²) in [5.74, 6) is 0. The van der Waals surface area contributed by atoms with Crippen molar-refractivity contribution in [1.82, 2.24) is 20.4 Å². The summed E-state index contributed by atoms with van der Waals surface area (Å²) >= 11 is 0. The third-order valence-corrected chi connectivity index (χ3v) is 6.26. The highest BCUT2D eigenvalue weighted by atomic mass is 31.2. The Hall–Kier alpha value is 0.0600. The molecule has 2 heterocycles. The normalized spacial score (nSPS) is 18.7. The van der Waals surface area contributed by atoms with E-state index in [4.69, 9.17) is 31.0 Å². The standard InChI is InChI=1S/2C6H15N3.C4H12O6P2/c2*7-1-4-9-5-2-8-3-6-9;5-11(6,7)3-1-2-4-12(8,9)10/h2*8H,1-7H2;1-4H2,(H2,5,6,7)(H2,8,9,10). The Morgan fingerprint density at radius 1 is 0.667 bits per heavy atom. The van der Waals surface area contributed by atoms with Crippen LogP contribution >= 0.6 is 15.2 Å². The molecule has 0 aromatic rings. The third kappa shape index (κ3) is 21.3. The molecule has 0 radical (unpaired) electrons. The first-order valence-electron chi connectivity index (χ1n) is 10.4. The number of nitrogens with two attached hydrogens (primary N) is 2. The highest BCUT2D eigenvalue weighted by Crippen LogP contribution is 2.38. The van der Waals surface area contributed by atoms with Crippen molar-refractivity contribution in [3.8, 4) is 0 Å². The molecule has 10 N–H and O–H groups in total. The lowest BCUT2D eigenvalue weighted by atomic mass is 10.3. The van der Waals surface area contributed by atoms with E-state index in [1.807, 2.05) is 0 Å². The van der Waals surface area contributed by atoms with Crippen LogP contribution in [-0.2, 0) is 9.13 Å². The molecule has 0 aromatic carbocycles. The van der Waals surface area contributed by atoms with E-state index >= 15 is 0 Å². The molecule has 0 aliphatic carbocycles. The molecule has 0 aromatic heterocycles. The average Bonchev–Trinajstić information content (AvgIpc) is 2.67. The molecule has 2 fully saturated rings. The number of hydrogen-bond acceptors (Lipinski definition) is 8. The summed E-state index contributed by atoms with van der Waals surface area (Å²) in [4.78, 5) is 38.2. The molecule has 2 saturated heterocycles. The highest BCUT2D eigenvalue weighted by Gasteiger charge is 2.15.